The minimum Gasteiger partial charge on any atom is -0.382 e. The summed E-state index contributed by atoms with van der Waals surface area (Å²) in [5, 5.41) is 9.77. The number of hydrogen-bond acceptors (Lipinski definition) is 4. The van der Waals surface area contributed by atoms with Crippen molar-refractivity contribution in [1.29, 1.82) is 0 Å². The van der Waals surface area contributed by atoms with Gasteiger partial charge in [-0.1, -0.05) is 27.7 Å². The number of nitrogens with two attached hydrogens (primary N) is 1. The first-order chi connectivity index (χ1) is 10.5. The van der Waals surface area contributed by atoms with Crippen molar-refractivity contribution in [2.45, 2.75) is 46.5 Å². The molecule has 3 rings (SSSR count). The summed E-state index contributed by atoms with van der Waals surface area (Å²) >= 11 is 0. The number of aromatic nitrogens is 4. The maximum atomic E-state index is 6.09. The van der Waals surface area contributed by atoms with Crippen molar-refractivity contribution >= 4 is 27.8 Å². The number of pyridine rings is 2. The van der Waals surface area contributed by atoms with Gasteiger partial charge in [0.05, 0.1) is 0 Å². The Bertz CT molecular complexity index is 819. The van der Waals surface area contributed by atoms with E-state index in [0.717, 1.165) is 34.8 Å². The standard InChI is InChI=1S/C17H23N5/c1-5-10(4)11-6-7-19-17-13(11)14-12(8-9(2)3)21-22-15(14)16(18)20-17/h6-7,9-10H,5,8H2,1-4H3,(H,21,22)(H2,18,19,20). The van der Waals surface area contributed by atoms with E-state index in [1.807, 2.05) is 6.20 Å². The highest BCUT2D eigenvalue weighted by molar-refractivity contribution is 6.10. The molecule has 0 radical (unpaired) electrons. The Hall–Kier alpha value is -2.17. The molecule has 0 aliphatic heterocycles. The normalized spacial score (nSPS) is 13.3. The summed E-state index contributed by atoms with van der Waals surface area (Å²) in [4.78, 5) is 8.89. The zero-order chi connectivity index (χ0) is 15.9. The van der Waals surface area contributed by atoms with Gasteiger partial charge in [0.15, 0.2) is 11.5 Å². The molecule has 1 atom stereocenters. The number of hydrogen-bond donors (Lipinski definition) is 2. The first kappa shape index (κ1) is 14.8. The number of aromatic amines is 1. The molecule has 5 nitrogen and oxygen atoms in total. The minimum atomic E-state index is 0.445. The van der Waals surface area contributed by atoms with Gasteiger partial charge in [-0.2, -0.15) is 5.10 Å². The lowest BCUT2D eigenvalue weighted by Gasteiger charge is -2.14. The van der Waals surface area contributed by atoms with Crippen molar-refractivity contribution in [3.63, 3.8) is 0 Å². The second-order valence-electron chi connectivity index (χ2n) is 6.43. The molecule has 5 heteroatoms. The predicted octanol–water partition coefficient (Wildman–Crippen LogP) is 3.80. The molecule has 3 aromatic heterocycles. The highest BCUT2D eigenvalue weighted by Gasteiger charge is 2.19. The van der Waals surface area contributed by atoms with E-state index in [0.29, 0.717) is 23.3 Å². The first-order valence-electron chi connectivity index (χ1n) is 7.93. The summed E-state index contributed by atoms with van der Waals surface area (Å²) in [6, 6.07) is 2.10. The Morgan fingerprint density at radius 1 is 1.23 bits per heavy atom. The van der Waals surface area contributed by atoms with E-state index in [1.54, 1.807) is 0 Å². The molecule has 0 aromatic carbocycles. The molecule has 0 spiro atoms. The monoisotopic (exact) mass is 297 g/mol. The molecule has 116 valence electrons. The van der Waals surface area contributed by atoms with Gasteiger partial charge in [-0.15, -0.1) is 0 Å². The number of anilines is 1. The van der Waals surface area contributed by atoms with Crippen molar-refractivity contribution in [1.82, 2.24) is 20.2 Å². The fourth-order valence-electron chi connectivity index (χ4n) is 2.99. The van der Waals surface area contributed by atoms with Crippen LogP contribution in [-0.4, -0.2) is 20.2 Å². The van der Waals surface area contributed by atoms with Crippen LogP contribution in [0.4, 0.5) is 5.82 Å². The molecule has 0 fully saturated rings. The summed E-state index contributed by atoms with van der Waals surface area (Å²) in [6.07, 6.45) is 3.83. The molecule has 3 aromatic rings. The average molecular weight is 297 g/mol. The van der Waals surface area contributed by atoms with Crippen molar-refractivity contribution in [2.24, 2.45) is 5.92 Å². The topological polar surface area (TPSA) is 80.5 Å². The fraction of sp³-hybridized carbons (Fsp3) is 0.471. The number of nitrogens with one attached hydrogen (secondary N) is 1. The Morgan fingerprint density at radius 2 is 2.00 bits per heavy atom. The molecule has 3 heterocycles. The summed E-state index contributed by atoms with van der Waals surface area (Å²) in [6.45, 7) is 8.84. The zero-order valence-corrected chi connectivity index (χ0v) is 13.6. The number of nitrogens with zero attached hydrogens (tertiary/aromatic N) is 3. The van der Waals surface area contributed by atoms with Crippen molar-refractivity contribution < 1.29 is 0 Å². The number of rotatable bonds is 4. The summed E-state index contributed by atoms with van der Waals surface area (Å²) in [5.74, 6) is 1.43. The van der Waals surface area contributed by atoms with Gasteiger partial charge >= 0.3 is 0 Å². The van der Waals surface area contributed by atoms with Crippen molar-refractivity contribution in [3.8, 4) is 0 Å². The number of fused-ring (bicyclic) bond motifs is 3. The second kappa shape index (κ2) is 5.55. The first-order valence-corrected chi connectivity index (χ1v) is 7.93. The third-order valence-electron chi connectivity index (χ3n) is 4.28. The van der Waals surface area contributed by atoms with Gasteiger partial charge in [0.2, 0.25) is 0 Å². The lowest BCUT2D eigenvalue weighted by Crippen LogP contribution is -2.01. The van der Waals surface area contributed by atoms with E-state index in [-0.39, 0.29) is 0 Å². The van der Waals surface area contributed by atoms with Crippen LogP contribution in [-0.2, 0) is 6.42 Å². The molecule has 1 unspecified atom stereocenters. The largest absolute Gasteiger partial charge is 0.382 e. The molecule has 0 saturated heterocycles. The predicted molar refractivity (Wildman–Crippen MR) is 90.9 cm³/mol. The van der Waals surface area contributed by atoms with Gasteiger partial charge in [-0.05, 0) is 36.3 Å². The molecule has 3 N–H and O–H groups in total. The SMILES string of the molecule is CCC(C)c1ccnc2nc(N)c3n[nH]c(CC(C)C)c3c12. The smallest absolute Gasteiger partial charge is 0.162 e. The van der Waals surface area contributed by atoms with E-state index in [4.69, 9.17) is 5.73 Å². The van der Waals surface area contributed by atoms with Gasteiger partial charge in [-0.25, -0.2) is 9.97 Å². The number of H-pyrrole nitrogens is 1. The third-order valence-corrected chi connectivity index (χ3v) is 4.28. The molecular weight excluding hydrogens is 274 g/mol. The van der Waals surface area contributed by atoms with Gasteiger partial charge < -0.3 is 5.73 Å². The van der Waals surface area contributed by atoms with Gasteiger partial charge in [-0.3, -0.25) is 5.10 Å². The quantitative estimate of drug-likeness (QED) is 0.767. The molecule has 0 bridgehead atoms. The molecule has 0 amide bonds. The lowest BCUT2D eigenvalue weighted by molar-refractivity contribution is 0.636. The summed E-state index contributed by atoms with van der Waals surface area (Å²) < 4.78 is 0. The molecule has 0 saturated carbocycles. The second-order valence-corrected chi connectivity index (χ2v) is 6.43. The van der Waals surface area contributed by atoms with Crippen LogP contribution < -0.4 is 5.73 Å². The van der Waals surface area contributed by atoms with Crippen molar-refractivity contribution in [3.05, 3.63) is 23.5 Å². The number of nitrogen functional groups attached to an aromatic ring is 1. The highest BCUT2D eigenvalue weighted by Crippen LogP contribution is 2.35. The molecule has 0 aliphatic rings. The van der Waals surface area contributed by atoms with Crippen molar-refractivity contribution in [2.75, 3.05) is 5.73 Å². The lowest BCUT2D eigenvalue weighted by atomic mass is 9.93. The van der Waals surface area contributed by atoms with Gasteiger partial charge in [0.25, 0.3) is 0 Å². The van der Waals surface area contributed by atoms with E-state index in [1.165, 1.54) is 5.56 Å². The maximum Gasteiger partial charge on any atom is 0.162 e. The van der Waals surface area contributed by atoms with E-state index >= 15 is 0 Å². The zero-order valence-electron chi connectivity index (χ0n) is 13.6. The molecular formula is C17H23N5. The Kier molecular flexibility index (Phi) is 3.72. The van der Waals surface area contributed by atoms with Crippen LogP contribution in [0.15, 0.2) is 12.3 Å². The van der Waals surface area contributed by atoms with E-state index in [2.05, 4.69) is 53.9 Å². The minimum absolute atomic E-state index is 0.445. The van der Waals surface area contributed by atoms with E-state index < -0.39 is 0 Å². The van der Waals surface area contributed by atoms with Gasteiger partial charge in [0.1, 0.15) is 5.52 Å². The van der Waals surface area contributed by atoms with Crippen LogP contribution in [0.25, 0.3) is 21.9 Å². The van der Waals surface area contributed by atoms with Crippen LogP contribution in [0, 0.1) is 5.92 Å². The average Bonchev–Trinajstić information content (AvgIpc) is 2.89. The highest BCUT2D eigenvalue weighted by atomic mass is 15.1. The van der Waals surface area contributed by atoms with Crippen LogP contribution in [0.5, 0.6) is 0 Å². The third kappa shape index (κ3) is 2.30. The molecule has 22 heavy (non-hydrogen) atoms. The van der Waals surface area contributed by atoms with Crippen LogP contribution in [0.3, 0.4) is 0 Å². The van der Waals surface area contributed by atoms with Crippen LogP contribution in [0.1, 0.15) is 51.3 Å². The Balaban J connectivity index is 2.42. The Morgan fingerprint density at radius 3 is 2.68 bits per heavy atom. The fourth-order valence-corrected chi connectivity index (χ4v) is 2.99. The summed E-state index contributed by atoms with van der Waals surface area (Å²) in [5.41, 5.74) is 9.97. The maximum absolute atomic E-state index is 6.09. The van der Waals surface area contributed by atoms with E-state index in [9.17, 15) is 0 Å². The van der Waals surface area contributed by atoms with Crippen LogP contribution in [0.2, 0.25) is 0 Å². The molecule has 0 aliphatic carbocycles. The summed E-state index contributed by atoms with van der Waals surface area (Å²) in [7, 11) is 0. The van der Waals surface area contributed by atoms with Crippen LogP contribution >= 0.6 is 0 Å². The Labute approximate surface area is 130 Å². The van der Waals surface area contributed by atoms with Gasteiger partial charge in [0, 0.05) is 22.7 Å².